The number of amides is 1. The molecule has 2 N–H and O–H groups in total. The van der Waals surface area contributed by atoms with E-state index in [1.165, 1.54) is 0 Å². The van der Waals surface area contributed by atoms with Crippen LogP contribution in [-0.4, -0.2) is 31.0 Å². The molecule has 19 heavy (non-hydrogen) atoms. The molecule has 1 aliphatic heterocycles. The molecule has 0 bridgehead atoms. The Morgan fingerprint density at radius 1 is 1.26 bits per heavy atom. The van der Waals surface area contributed by atoms with E-state index in [1.807, 2.05) is 31.3 Å². The largest absolute Gasteiger partial charge is 0.392 e. The second-order valence-electron chi connectivity index (χ2n) is 5.36. The number of hydrogen-bond donors (Lipinski definition) is 1. The molecule has 5 heteroatoms. The number of fused-ring (bicyclic) bond motifs is 1. The van der Waals surface area contributed by atoms with Crippen molar-refractivity contribution in [2.24, 2.45) is 11.1 Å². The summed E-state index contributed by atoms with van der Waals surface area (Å²) in [4.78, 5) is 16.8. The van der Waals surface area contributed by atoms with Gasteiger partial charge < -0.3 is 15.5 Å². The molecule has 1 aromatic rings. The first-order valence-corrected chi connectivity index (χ1v) is 6.68. The summed E-state index contributed by atoms with van der Waals surface area (Å²) in [5.41, 5.74) is 6.86. The molecule has 0 radical (unpaired) electrons. The molecule has 1 amide bonds. The van der Waals surface area contributed by atoms with Crippen LogP contribution in [0, 0.1) is 5.41 Å². The van der Waals surface area contributed by atoms with Crippen molar-refractivity contribution >= 4 is 34.5 Å². The molecular weight excluding hydrogens is 258 g/mol. The molecule has 1 aliphatic rings. The minimum absolute atomic E-state index is 0.0412. The van der Waals surface area contributed by atoms with Gasteiger partial charge in [-0.3, -0.25) is 4.79 Å². The topological polar surface area (TPSA) is 49.6 Å². The van der Waals surface area contributed by atoms with Crippen LogP contribution >= 0.6 is 12.2 Å². The third-order valence-corrected chi connectivity index (χ3v) is 4.15. The summed E-state index contributed by atoms with van der Waals surface area (Å²) in [6.45, 7) is 5.01. The molecule has 0 atom stereocenters. The summed E-state index contributed by atoms with van der Waals surface area (Å²) in [5, 5.41) is 0. The van der Waals surface area contributed by atoms with Crippen molar-refractivity contribution in [1.82, 2.24) is 0 Å². The number of anilines is 2. The summed E-state index contributed by atoms with van der Waals surface area (Å²) in [6, 6.07) is 7.88. The second-order valence-corrected chi connectivity index (χ2v) is 5.80. The van der Waals surface area contributed by atoms with Crippen molar-refractivity contribution in [1.29, 1.82) is 0 Å². The third kappa shape index (κ3) is 2.30. The Morgan fingerprint density at radius 3 is 2.42 bits per heavy atom. The number of likely N-dealkylation sites (N-methyl/N-ethyl adjacent to an activating group) is 1. The first-order valence-electron chi connectivity index (χ1n) is 6.27. The molecule has 102 valence electrons. The van der Waals surface area contributed by atoms with Crippen LogP contribution in [0.25, 0.3) is 0 Å². The fraction of sp³-hybridized carbons (Fsp3) is 0.429. The highest BCUT2D eigenvalue weighted by atomic mass is 32.1. The SMILES string of the molecule is CN1CCN(C(=O)C(C)(C)C(N)=S)c2ccccc21. The van der Waals surface area contributed by atoms with Gasteiger partial charge in [0.15, 0.2) is 0 Å². The Bertz CT molecular complexity index is 527. The lowest BCUT2D eigenvalue weighted by Gasteiger charge is -2.39. The summed E-state index contributed by atoms with van der Waals surface area (Å²) >= 11 is 5.02. The van der Waals surface area contributed by atoms with Crippen LogP contribution < -0.4 is 15.5 Å². The van der Waals surface area contributed by atoms with E-state index in [0.717, 1.165) is 17.9 Å². The normalized spacial score (nSPS) is 15.1. The van der Waals surface area contributed by atoms with Crippen molar-refractivity contribution < 1.29 is 4.79 Å². The van der Waals surface area contributed by atoms with Crippen molar-refractivity contribution in [3.05, 3.63) is 24.3 Å². The maximum absolute atomic E-state index is 12.7. The van der Waals surface area contributed by atoms with Crippen molar-refractivity contribution in [2.45, 2.75) is 13.8 Å². The molecule has 0 unspecified atom stereocenters. The molecule has 0 aromatic heterocycles. The number of carbonyl (C=O) groups excluding carboxylic acids is 1. The minimum atomic E-state index is -0.821. The van der Waals surface area contributed by atoms with Crippen molar-refractivity contribution in [2.75, 3.05) is 29.9 Å². The van der Waals surface area contributed by atoms with E-state index >= 15 is 0 Å². The maximum Gasteiger partial charge on any atom is 0.239 e. The maximum atomic E-state index is 12.7. The number of para-hydroxylation sites is 2. The number of nitrogens with zero attached hydrogens (tertiary/aromatic N) is 2. The molecular formula is C14H19N3OS. The Balaban J connectivity index is 2.41. The van der Waals surface area contributed by atoms with E-state index in [9.17, 15) is 4.79 Å². The number of benzene rings is 1. The average Bonchev–Trinajstić information content (AvgIpc) is 2.38. The first kappa shape index (κ1) is 13.8. The molecule has 0 spiro atoms. The van der Waals surface area contributed by atoms with E-state index < -0.39 is 5.41 Å². The molecule has 0 fully saturated rings. The average molecular weight is 277 g/mol. The van der Waals surface area contributed by atoms with Gasteiger partial charge in [0.25, 0.3) is 0 Å². The predicted octanol–water partition coefficient (Wildman–Crippen LogP) is 1.78. The lowest BCUT2D eigenvalue weighted by Crippen LogP contribution is -2.51. The van der Waals surface area contributed by atoms with Gasteiger partial charge in [-0.2, -0.15) is 0 Å². The van der Waals surface area contributed by atoms with Crippen LogP contribution in [0.15, 0.2) is 24.3 Å². The number of rotatable bonds is 2. The van der Waals surface area contributed by atoms with E-state index in [4.69, 9.17) is 18.0 Å². The monoisotopic (exact) mass is 277 g/mol. The summed E-state index contributed by atoms with van der Waals surface area (Å²) in [6.07, 6.45) is 0. The van der Waals surface area contributed by atoms with E-state index in [2.05, 4.69) is 4.90 Å². The number of carbonyl (C=O) groups is 1. The van der Waals surface area contributed by atoms with Crippen LogP contribution in [0.4, 0.5) is 11.4 Å². The zero-order chi connectivity index (χ0) is 14.2. The molecule has 1 heterocycles. The highest BCUT2D eigenvalue weighted by Gasteiger charge is 2.37. The Hall–Kier alpha value is -1.62. The van der Waals surface area contributed by atoms with Gasteiger partial charge in [-0.05, 0) is 26.0 Å². The van der Waals surface area contributed by atoms with Crippen LogP contribution in [-0.2, 0) is 4.79 Å². The van der Waals surface area contributed by atoms with Gasteiger partial charge in [0.05, 0.1) is 21.8 Å². The van der Waals surface area contributed by atoms with Gasteiger partial charge in [0, 0.05) is 20.1 Å². The fourth-order valence-corrected chi connectivity index (χ4v) is 2.25. The molecule has 4 nitrogen and oxygen atoms in total. The first-order chi connectivity index (χ1) is 8.85. The third-order valence-electron chi connectivity index (χ3n) is 3.64. The Morgan fingerprint density at radius 2 is 1.84 bits per heavy atom. The number of nitrogens with two attached hydrogens (primary N) is 1. The van der Waals surface area contributed by atoms with Gasteiger partial charge in [0.1, 0.15) is 0 Å². The lowest BCUT2D eigenvalue weighted by molar-refractivity contribution is -0.123. The van der Waals surface area contributed by atoms with Crippen LogP contribution in [0.5, 0.6) is 0 Å². The van der Waals surface area contributed by atoms with Gasteiger partial charge in [-0.1, -0.05) is 24.4 Å². The number of hydrogen-bond acceptors (Lipinski definition) is 3. The van der Waals surface area contributed by atoms with Gasteiger partial charge in [-0.15, -0.1) is 0 Å². The smallest absolute Gasteiger partial charge is 0.239 e. The quantitative estimate of drug-likeness (QED) is 0.837. The van der Waals surface area contributed by atoms with Crippen LogP contribution in [0.3, 0.4) is 0 Å². The van der Waals surface area contributed by atoms with Crippen LogP contribution in [0.1, 0.15) is 13.8 Å². The zero-order valence-corrected chi connectivity index (χ0v) is 12.3. The van der Waals surface area contributed by atoms with Crippen molar-refractivity contribution in [3.63, 3.8) is 0 Å². The molecule has 0 aliphatic carbocycles. The number of thiocarbonyl (C=S) groups is 1. The highest BCUT2D eigenvalue weighted by molar-refractivity contribution is 7.80. The second kappa shape index (κ2) is 4.81. The Kier molecular flexibility index (Phi) is 3.49. The van der Waals surface area contributed by atoms with Gasteiger partial charge >= 0.3 is 0 Å². The van der Waals surface area contributed by atoms with Crippen LogP contribution in [0.2, 0.25) is 0 Å². The zero-order valence-electron chi connectivity index (χ0n) is 11.5. The highest BCUT2D eigenvalue weighted by Crippen LogP contribution is 2.34. The van der Waals surface area contributed by atoms with Crippen molar-refractivity contribution in [3.8, 4) is 0 Å². The van der Waals surface area contributed by atoms with Gasteiger partial charge in [0.2, 0.25) is 5.91 Å². The minimum Gasteiger partial charge on any atom is -0.392 e. The molecule has 1 aromatic carbocycles. The standard InChI is InChI=1S/C14H19N3OS/c1-14(2,12(15)19)13(18)17-9-8-16(3)10-6-4-5-7-11(10)17/h4-7H,8-9H2,1-3H3,(H2,15,19). The summed E-state index contributed by atoms with van der Waals surface area (Å²) < 4.78 is 0. The van der Waals surface area contributed by atoms with E-state index in [-0.39, 0.29) is 10.9 Å². The summed E-state index contributed by atoms with van der Waals surface area (Å²) in [7, 11) is 2.03. The predicted molar refractivity (Wildman–Crippen MR) is 82.6 cm³/mol. The Labute approximate surface area is 119 Å². The molecule has 2 rings (SSSR count). The molecule has 0 saturated heterocycles. The fourth-order valence-electron chi connectivity index (χ4n) is 2.16. The summed E-state index contributed by atoms with van der Waals surface area (Å²) in [5.74, 6) is -0.0412. The van der Waals surface area contributed by atoms with E-state index in [0.29, 0.717) is 6.54 Å². The lowest BCUT2D eigenvalue weighted by atomic mass is 9.91. The molecule has 0 saturated carbocycles. The van der Waals surface area contributed by atoms with Gasteiger partial charge in [-0.25, -0.2) is 0 Å². The van der Waals surface area contributed by atoms with E-state index in [1.54, 1.807) is 18.7 Å².